The Kier molecular flexibility index (Phi) is 3.13. The quantitative estimate of drug-likeness (QED) is 0.835. The van der Waals surface area contributed by atoms with Gasteiger partial charge in [-0.15, -0.1) is 0 Å². The lowest BCUT2D eigenvalue weighted by Gasteiger charge is -2.14. The molecule has 82 valence electrons. The zero-order valence-electron chi connectivity index (χ0n) is 8.19. The smallest absolute Gasteiger partial charge is 0.212 e. The maximum absolute atomic E-state index is 11.6. The van der Waals surface area contributed by atoms with Crippen LogP contribution in [0.2, 0.25) is 0 Å². The molecule has 1 heterocycles. The molecule has 3 nitrogen and oxygen atoms in total. The number of benzene rings is 1. The molecule has 2 rings (SSSR count). The summed E-state index contributed by atoms with van der Waals surface area (Å²) in [6.07, 6.45) is 0.743. The van der Waals surface area contributed by atoms with E-state index in [0.29, 0.717) is 13.1 Å². The molecule has 0 radical (unpaired) electrons. The molecule has 0 spiro atoms. The number of sulfonamides is 1. The van der Waals surface area contributed by atoms with Crippen LogP contribution >= 0.6 is 15.9 Å². The van der Waals surface area contributed by atoms with Gasteiger partial charge in [0.2, 0.25) is 10.0 Å². The van der Waals surface area contributed by atoms with Gasteiger partial charge in [0.25, 0.3) is 0 Å². The average Bonchev–Trinajstić information content (AvgIpc) is 2.50. The van der Waals surface area contributed by atoms with Gasteiger partial charge >= 0.3 is 0 Å². The van der Waals surface area contributed by atoms with Crippen LogP contribution in [-0.4, -0.2) is 25.0 Å². The van der Waals surface area contributed by atoms with Crippen LogP contribution in [0.1, 0.15) is 12.0 Å². The highest BCUT2D eigenvalue weighted by Gasteiger charge is 2.28. The molecule has 1 aromatic carbocycles. The van der Waals surface area contributed by atoms with E-state index in [9.17, 15) is 8.42 Å². The van der Waals surface area contributed by atoms with Gasteiger partial charge < -0.3 is 0 Å². The molecule has 0 atom stereocenters. The molecule has 0 aromatic heterocycles. The highest BCUT2D eigenvalue weighted by Crippen LogP contribution is 2.22. The number of nitrogens with zero attached hydrogens (tertiary/aromatic N) is 1. The van der Waals surface area contributed by atoms with Crippen molar-refractivity contribution in [2.24, 2.45) is 0 Å². The first kappa shape index (κ1) is 11.1. The van der Waals surface area contributed by atoms with Crippen LogP contribution in [0.3, 0.4) is 0 Å². The zero-order chi connectivity index (χ0) is 10.9. The predicted octanol–water partition coefficient (Wildman–Crippen LogP) is 1.98. The van der Waals surface area contributed by atoms with Crippen molar-refractivity contribution in [3.8, 4) is 0 Å². The van der Waals surface area contributed by atoms with Crippen LogP contribution in [0.4, 0.5) is 0 Å². The molecule has 0 amide bonds. The normalized spacial score (nSPS) is 20.6. The molecule has 0 bridgehead atoms. The number of hydrogen-bond acceptors (Lipinski definition) is 2. The summed E-state index contributed by atoms with van der Waals surface area (Å²) in [4.78, 5) is 0. The van der Waals surface area contributed by atoms with Crippen LogP contribution in [0, 0.1) is 0 Å². The molecule has 0 aliphatic carbocycles. The molecule has 5 heteroatoms. The molecule has 1 aliphatic rings. The van der Waals surface area contributed by atoms with Gasteiger partial charge in [-0.05, 0) is 18.1 Å². The third-order valence-corrected chi connectivity index (χ3v) is 5.18. The third-order valence-electron chi connectivity index (χ3n) is 2.51. The van der Waals surface area contributed by atoms with Crippen LogP contribution in [-0.2, 0) is 16.6 Å². The maximum Gasteiger partial charge on any atom is 0.214 e. The fourth-order valence-corrected chi connectivity index (χ4v) is 3.59. The summed E-state index contributed by atoms with van der Waals surface area (Å²) in [5, 5.41) is 0. The lowest BCUT2D eigenvalue weighted by atomic mass is 10.2. The topological polar surface area (TPSA) is 37.4 Å². The molecular weight excluding hydrogens is 278 g/mol. The summed E-state index contributed by atoms with van der Waals surface area (Å²) in [5.74, 6) is 0.289. The monoisotopic (exact) mass is 289 g/mol. The van der Waals surface area contributed by atoms with Crippen molar-refractivity contribution in [2.75, 3.05) is 12.3 Å². The van der Waals surface area contributed by atoms with Gasteiger partial charge in [-0.2, -0.15) is 4.31 Å². The van der Waals surface area contributed by atoms with E-state index in [2.05, 4.69) is 15.9 Å². The predicted molar refractivity (Wildman–Crippen MR) is 63.0 cm³/mol. The second kappa shape index (κ2) is 4.23. The Morgan fingerprint density at radius 2 is 2.07 bits per heavy atom. The molecule has 0 N–H and O–H groups in total. The van der Waals surface area contributed by atoms with Crippen molar-refractivity contribution >= 4 is 26.0 Å². The third kappa shape index (κ3) is 2.41. The van der Waals surface area contributed by atoms with E-state index in [1.807, 2.05) is 24.3 Å². The molecule has 0 unspecified atom stereocenters. The van der Waals surface area contributed by atoms with E-state index in [1.54, 1.807) is 4.31 Å². The minimum absolute atomic E-state index is 0.289. The van der Waals surface area contributed by atoms with Gasteiger partial charge in [-0.25, -0.2) is 8.42 Å². The van der Waals surface area contributed by atoms with Crippen LogP contribution < -0.4 is 0 Å². The van der Waals surface area contributed by atoms with Gasteiger partial charge in [0.15, 0.2) is 0 Å². The fourth-order valence-electron chi connectivity index (χ4n) is 1.69. The molecule has 15 heavy (non-hydrogen) atoms. The second-order valence-corrected chi connectivity index (χ2v) is 6.54. The van der Waals surface area contributed by atoms with Crippen molar-refractivity contribution in [2.45, 2.75) is 13.0 Å². The summed E-state index contributed by atoms with van der Waals surface area (Å²) < 4.78 is 25.7. The Morgan fingerprint density at radius 3 is 2.67 bits per heavy atom. The Labute approximate surface area is 98.3 Å². The van der Waals surface area contributed by atoms with Gasteiger partial charge in [0.1, 0.15) is 0 Å². The largest absolute Gasteiger partial charge is 0.214 e. The van der Waals surface area contributed by atoms with E-state index in [-0.39, 0.29) is 5.75 Å². The van der Waals surface area contributed by atoms with Crippen LogP contribution in [0.15, 0.2) is 28.7 Å². The molecule has 0 saturated carbocycles. The van der Waals surface area contributed by atoms with E-state index >= 15 is 0 Å². The van der Waals surface area contributed by atoms with Gasteiger partial charge in [0, 0.05) is 17.6 Å². The number of rotatable bonds is 2. The Hall–Kier alpha value is -0.390. The summed E-state index contributed by atoms with van der Waals surface area (Å²) >= 11 is 3.42. The first-order chi connectivity index (χ1) is 7.09. The number of halogens is 1. The first-order valence-corrected chi connectivity index (χ1v) is 7.21. The standard InChI is InChI=1S/C10H12BrNO2S/c11-10-5-2-1-4-9(10)8-12-6-3-7-15(12,13)14/h1-2,4-5H,3,6-8H2. The Bertz CT molecular complexity index is 458. The highest BCUT2D eigenvalue weighted by atomic mass is 79.9. The summed E-state index contributed by atoms with van der Waals surface area (Å²) in [7, 11) is -2.99. The van der Waals surface area contributed by atoms with E-state index in [0.717, 1.165) is 16.5 Å². The summed E-state index contributed by atoms with van der Waals surface area (Å²) in [6.45, 7) is 1.12. The Morgan fingerprint density at radius 1 is 1.33 bits per heavy atom. The molecule has 1 aliphatic heterocycles. The van der Waals surface area contributed by atoms with Crippen LogP contribution in [0.25, 0.3) is 0 Å². The fraction of sp³-hybridized carbons (Fsp3) is 0.400. The number of hydrogen-bond donors (Lipinski definition) is 0. The molecule has 1 aromatic rings. The van der Waals surface area contributed by atoms with Gasteiger partial charge in [-0.1, -0.05) is 34.1 Å². The van der Waals surface area contributed by atoms with Crippen molar-refractivity contribution in [3.63, 3.8) is 0 Å². The highest BCUT2D eigenvalue weighted by molar-refractivity contribution is 9.10. The Balaban J connectivity index is 2.20. The van der Waals surface area contributed by atoms with Gasteiger partial charge in [-0.3, -0.25) is 0 Å². The molecule has 1 saturated heterocycles. The van der Waals surface area contributed by atoms with E-state index < -0.39 is 10.0 Å². The lowest BCUT2D eigenvalue weighted by Crippen LogP contribution is -2.25. The SMILES string of the molecule is O=S1(=O)CCCN1Cc1ccccc1Br. The van der Waals surface area contributed by atoms with Crippen molar-refractivity contribution in [3.05, 3.63) is 34.3 Å². The minimum Gasteiger partial charge on any atom is -0.212 e. The van der Waals surface area contributed by atoms with Crippen LogP contribution in [0.5, 0.6) is 0 Å². The average molecular weight is 290 g/mol. The molecule has 1 fully saturated rings. The van der Waals surface area contributed by atoms with E-state index in [4.69, 9.17) is 0 Å². The first-order valence-electron chi connectivity index (χ1n) is 4.81. The van der Waals surface area contributed by atoms with Crippen molar-refractivity contribution in [1.82, 2.24) is 4.31 Å². The lowest BCUT2D eigenvalue weighted by molar-refractivity contribution is 0.439. The van der Waals surface area contributed by atoms with Gasteiger partial charge in [0.05, 0.1) is 5.75 Å². The summed E-state index contributed by atoms with van der Waals surface area (Å²) in [6, 6.07) is 7.71. The maximum atomic E-state index is 11.6. The van der Waals surface area contributed by atoms with E-state index in [1.165, 1.54) is 0 Å². The van der Waals surface area contributed by atoms with Crippen molar-refractivity contribution < 1.29 is 8.42 Å². The molecular formula is C10H12BrNO2S. The minimum atomic E-state index is -2.99. The zero-order valence-corrected chi connectivity index (χ0v) is 10.6. The summed E-state index contributed by atoms with van der Waals surface area (Å²) in [5.41, 5.74) is 1.02. The second-order valence-electron chi connectivity index (χ2n) is 3.59. The van der Waals surface area contributed by atoms with Crippen molar-refractivity contribution in [1.29, 1.82) is 0 Å².